The molecule has 1 saturated heterocycles. The summed E-state index contributed by atoms with van der Waals surface area (Å²) in [6.45, 7) is 0. The summed E-state index contributed by atoms with van der Waals surface area (Å²) in [5, 5.41) is 2.28. The lowest BCUT2D eigenvalue weighted by molar-refractivity contribution is -0.122. The molecule has 0 bridgehead atoms. The highest BCUT2D eigenvalue weighted by Gasteiger charge is 2.46. The molecule has 0 aromatic heterocycles. The van der Waals surface area contributed by atoms with Gasteiger partial charge in [0.25, 0.3) is 0 Å². The molecular weight excluding hydrogens is 298 g/mol. The van der Waals surface area contributed by atoms with E-state index in [0.717, 1.165) is 12.0 Å². The molecule has 2 aliphatic rings. The van der Waals surface area contributed by atoms with E-state index >= 15 is 0 Å². The van der Waals surface area contributed by atoms with Gasteiger partial charge in [-0.1, -0.05) is 30.3 Å². The molecule has 1 aromatic carbocycles. The van der Waals surface area contributed by atoms with Crippen molar-refractivity contribution < 1.29 is 13.2 Å². The van der Waals surface area contributed by atoms with Crippen molar-refractivity contribution in [3.63, 3.8) is 0 Å². The van der Waals surface area contributed by atoms with Crippen LogP contribution in [0, 0.1) is 5.92 Å². The monoisotopic (exact) mass is 313 g/mol. The maximum Gasteiger partial charge on any atom is 0.224 e. The van der Waals surface area contributed by atoms with E-state index in [9.17, 15) is 13.2 Å². The molecule has 6 heteroatoms. The zero-order valence-electron chi connectivity index (χ0n) is 10.8. The summed E-state index contributed by atoms with van der Waals surface area (Å²) >= 11 is 5.99. The van der Waals surface area contributed by atoms with Crippen molar-refractivity contribution in [3.8, 4) is 0 Å². The van der Waals surface area contributed by atoms with E-state index in [1.54, 1.807) is 0 Å². The smallest absolute Gasteiger partial charge is 0.224 e. The summed E-state index contributed by atoms with van der Waals surface area (Å²) in [7, 11) is -3.11. The number of hydrogen-bond donors (Lipinski definition) is 1. The number of amides is 1. The number of sulfone groups is 1. The Kier molecular flexibility index (Phi) is 3.50. The lowest BCUT2D eigenvalue weighted by Gasteiger charge is -2.14. The molecule has 4 nitrogen and oxygen atoms in total. The Morgan fingerprint density at radius 1 is 1.20 bits per heavy atom. The van der Waals surface area contributed by atoms with Crippen molar-refractivity contribution in [1.29, 1.82) is 0 Å². The van der Waals surface area contributed by atoms with Gasteiger partial charge in [0.15, 0.2) is 9.84 Å². The summed E-state index contributed by atoms with van der Waals surface area (Å²) in [5.41, 5.74) is 1.16. The van der Waals surface area contributed by atoms with Crippen LogP contribution >= 0.6 is 11.6 Å². The number of rotatable bonds is 3. The molecule has 1 aliphatic heterocycles. The summed E-state index contributed by atoms with van der Waals surface area (Å²) in [6.07, 6.45) is 0.822. The Morgan fingerprint density at radius 2 is 1.90 bits per heavy atom. The predicted octanol–water partition coefficient (Wildman–Crippen LogP) is 1.31. The van der Waals surface area contributed by atoms with Crippen LogP contribution in [0.5, 0.6) is 0 Å². The van der Waals surface area contributed by atoms with Crippen molar-refractivity contribution in [1.82, 2.24) is 5.32 Å². The molecule has 4 atom stereocenters. The molecule has 108 valence electrons. The van der Waals surface area contributed by atoms with E-state index in [0.29, 0.717) is 0 Å². The van der Waals surface area contributed by atoms with Crippen LogP contribution in [-0.2, 0) is 14.6 Å². The number of carbonyl (C=O) groups is 1. The highest BCUT2D eigenvalue weighted by molar-refractivity contribution is 7.91. The van der Waals surface area contributed by atoms with Gasteiger partial charge >= 0.3 is 0 Å². The molecule has 20 heavy (non-hydrogen) atoms. The standard InChI is InChI=1S/C14H16ClNO3S/c15-12-7-20(18,19)8-13(12)16-14(17)11-6-10(11)9-4-2-1-3-5-9/h1-5,10-13H,6-8H2,(H,16,17). The van der Waals surface area contributed by atoms with Gasteiger partial charge in [-0.2, -0.15) is 0 Å². The first-order valence-corrected chi connectivity index (χ1v) is 8.92. The van der Waals surface area contributed by atoms with E-state index < -0.39 is 21.3 Å². The number of halogens is 1. The van der Waals surface area contributed by atoms with Gasteiger partial charge in [-0.25, -0.2) is 8.42 Å². The van der Waals surface area contributed by atoms with Crippen LogP contribution in [0.25, 0.3) is 0 Å². The molecule has 1 aromatic rings. The maximum atomic E-state index is 12.1. The van der Waals surface area contributed by atoms with E-state index in [1.807, 2.05) is 30.3 Å². The molecule has 4 unspecified atom stereocenters. The summed E-state index contributed by atoms with van der Waals surface area (Å²) < 4.78 is 22.9. The van der Waals surface area contributed by atoms with Crippen molar-refractivity contribution in [3.05, 3.63) is 35.9 Å². The van der Waals surface area contributed by atoms with E-state index in [1.165, 1.54) is 0 Å². The van der Waals surface area contributed by atoms with Gasteiger partial charge in [-0.3, -0.25) is 4.79 Å². The Balaban J connectivity index is 1.60. The Bertz CT molecular complexity index is 617. The van der Waals surface area contributed by atoms with Crippen molar-refractivity contribution in [2.24, 2.45) is 5.92 Å². The van der Waals surface area contributed by atoms with Crippen LogP contribution in [0.3, 0.4) is 0 Å². The van der Waals surface area contributed by atoms with Gasteiger partial charge in [0.1, 0.15) is 0 Å². The van der Waals surface area contributed by atoms with Crippen LogP contribution in [0.4, 0.5) is 0 Å². The molecule has 1 saturated carbocycles. The predicted molar refractivity (Wildman–Crippen MR) is 77.5 cm³/mol. The molecule has 1 amide bonds. The number of nitrogens with one attached hydrogen (secondary N) is 1. The lowest BCUT2D eigenvalue weighted by Crippen LogP contribution is -2.41. The topological polar surface area (TPSA) is 63.2 Å². The third kappa shape index (κ3) is 2.83. The molecule has 2 fully saturated rings. The highest BCUT2D eigenvalue weighted by Crippen LogP contribution is 2.47. The Labute approximate surface area is 123 Å². The quantitative estimate of drug-likeness (QED) is 0.856. The summed E-state index contributed by atoms with van der Waals surface area (Å²) in [5.74, 6) is 0.0289. The van der Waals surface area contributed by atoms with Gasteiger partial charge < -0.3 is 5.32 Å². The largest absolute Gasteiger partial charge is 0.351 e. The fourth-order valence-electron chi connectivity index (χ4n) is 2.78. The zero-order chi connectivity index (χ0) is 14.3. The fourth-order valence-corrected chi connectivity index (χ4v) is 5.33. The number of carbonyl (C=O) groups excluding carboxylic acids is 1. The van der Waals surface area contributed by atoms with Crippen molar-refractivity contribution >= 4 is 27.3 Å². The van der Waals surface area contributed by atoms with Gasteiger partial charge in [-0.05, 0) is 17.9 Å². The third-order valence-electron chi connectivity index (χ3n) is 3.97. The second kappa shape index (κ2) is 5.04. The normalized spacial score (nSPS) is 34.6. The molecule has 0 spiro atoms. The van der Waals surface area contributed by atoms with Crippen LogP contribution < -0.4 is 5.32 Å². The second-order valence-corrected chi connectivity index (χ2v) is 8.28. The van der Waals surface area contributed by atoms with Gasteiger partial charge in [0, 0.05) is 5.92 Å². The minimum atomic E-state index is -3.11. The first-order valence-electron chi connectivity index (χ1n) is 6.66. The number of benzene rings is 1. The van der Waals surface area contributed by atoms with Crippen LogP contribution in [0.2, 0.25) is 0 Å². The molecule has 3 rings (SSSR count). The summed E-state index contributed by atoms with van der Waals surface area (Å²) in [4.78, 5) is 12.1. The second-order valence-electron chi connectivity index (χ2n) is 5.57. The fraction of sp³-hybridized carbons (Fsp3) is 0.500. The first kappa shape index (κ1) is 13.9. The van der Waals surface area contributed by atoms with Gasteiger partial charge in [0.05, 0.1) is 22.9 Å². The SMILES string of the molecule is O=C(NC1CS(=O)(=O)CC1Cl)C1CC1c1ccccc1. The molecular formula is C14H16ClNO3S. The minimum absolute atomic E-state index is 0.0460. The molecule has 0 radical (unpaired) electrons. The van der Waals surface area contributed by atoms with Crippen LogP contribution in [0.1, 0.15) is 17.9 Å². The molecule has 1 aliphatic carbocycles. The van der Waals surface area contributed by atoms with Gasteiger partial charge in [-0.15, -0.1) is 11.6 Å². The van der Waals surface area contributed by atoms with E-state index in [-0.39, 0.29) is 29.2 Å². The first-order chi connectivity index (χ1) is 9.46. The average Bonchev–Trinajstić information content (AvgIpc) is 3.13. The van der Waals surface area contributed by atoms with E-state index in [2.05, 4.69) is 5.32 Å². The third-order valence-corrected chi connectivity index (χ3v) is 6.34. The average molecular weight is 314 g/mol. The molecule has 1 heterocycles. The lowest BCUT2D eigenvalue weighted by atomic mass is 10.1. The Morgan fingerprint density at radius 3 is 2.50 bits per heavy atom. The van der Waals surface area contributed by atoms with Crippen LogP contribution in [-0.4, -0.2) is 37.2 Å². The minimum Gasteiger partial charge on any atom is -0.351 e. The van der Waals surface area contributed by atoms with Gasteiger partial charge in [0.2, 0.25) is 5.91 Å². The summed E-state index contributed by atoms with van der Waals surface area (Å²) in [6, 6.07) is 9.45. The molecule has 1 N–H and O–H groups in total. The zero-order valence-corrected chi connectivity index (χ0v) is 12.4. The van der Waals surface area contributed by atoms with Crippen molar-refractivity contribution in [2.75, 3.05) is 11.5 Å². The van der Waals surface area contributed by atoms with E-state index in [4.69, 9.17) is 11.6 Å². The Hall–Kier alpha value is -1.07. The maximum absolute atomic E-state index is 12.1. The number of hydrogen-bond acceptors (Lipinski definition) is 3. The van der Waals surface area contributed by atoms with Crippen molar-refractivity contribution in [2.45, 2.75) is 23.8 Å². The highest BCUT2D eigenvalue weighted by atomic mass is 35.5. The number of alkyl halides is 1. The van der Waals surface area contributed by atoms with Crippen LogP contribution in [0.15, 0.2) is 30.3 Å².